The Morgan fingerprint density at radius 3 is 2.89 bits per heavy atom. The Balaban J connectivity index is 2.59. The second-order valence-electron chi connectivity index (χ2n) is 4.04. The van der Waals surface area contributed by atoms with Crippen molar-refractivity contribution in [1.82, 2.24) is 13.7 Å². The minimum absolute atomic E-state index is 0.0250. The SMILES string of the molecule is CCC(C)N(C)S(=O)(=O)c1c(Cl)nc2sccn12. The van der Waals surface area contributed by atoms with Crippen LogP contribution in [-0.4, -0.2) is 35.2 Å². The lowest BCUT2D eigenvalue weighted by Crippen LogP contribution is -2.35. The molecule has 2 rings (SSSR count). The van der Waals surface area contributed by atoms with Crippen LogP contribution in [0.1, 0.15) is 20.3 Å². The molecule has 2 aromatic rings. The molecule has 8 heteroatoms. The first-order valence-electron chi connectivity index (χ1n) is 5.48. The van der Waals surface area contributed by atoms with Crippen molar-refractivity contribution < 1.29 is 8.42 Å². The van der Waals surface area contributed by atoms with Crippen LogP contribution in [0.5, 0.6) is 0 Å². The predicted molar refractivity (Wildman–Crippen MR) is 72.8 cm³/mol. The van der Waals surface area contributed by atoms with E-state index >= 15 is 0 Å². The Kier molecular flexibility index (Phi) is 3.68. The highest BCUT2D eigenvalue weighted by molar-refractivity contribution is 7.89. The van der Waals surface area contributed by atoms with Crippen molar-refractivity contribution in [2.75, 3.05) is 7.05 Å². The zero-order valence-corrected chi connectivity index (χ0v) is 12.7. The van der Waals surface area contributed by atoms with E-state index < -0.39 is 10.0 Å². The van der Waals surface area contributed by atoms with E-state index in [1.807, 2.05) is 13.8 Å². The van der Waals surface area contributed by atoms with Crippen LogP contribution in [0.3, 0.4) is 0 Å². The lowest BCUT2D eigenvalue weighted by molar-refractivity contribution is 0.379. The zero-order valence-electron chi connectivity index (χ0n) is 10.3. The van der Waals surface area contributed by atoms with Crippen LogP contribution in [0.15, 0.2) is 16.6 Å². The highest BCUT2D eigenvalue weighted by atomic mass is 35.5. The van der Waals surface area contributed by atoms with Gasteiger partial charge in [0.05, 0.1) is 0 Å². The fourth-order valence-corrected chi connectivity index (χ4v) is 4.44. The molecule has 2 aromatic heterocycles. The largest absolute Gasteiger partial charge is 0.279 e. The summed E-state index contributed by atoms with van der Waals surface area (Å²) in [7, 11) is -2.06. The van der Waals surface area contributed by atoms with Crippen LogP contribution in [0.2, 0.25) is 5.15 Å². The summed E-state index contributed by atoms with van der Waals surface area (Å²) < 4.78 is 27.9. The average Bonchev–Trinajstić information content (AvgIpc) is 2.85. The van der Waals surface area contributed by atoms with Crippen molar-refractivity contribution in [3.05, 3.63) is 16.7 Å². The van der Waals surface area contributed by atoms with Crippen molar-refractivity contribution in [2.24, 2.45) is 0 Å². The fourth-order valence-electron chi connectivity index (χ4n) is 1.60. The van der Waals surface area contributed by atoms with E-state index in [1.165, 1.54) is 20.0 Å². The van der Waals surface area contributed by atoms with Crippen LogP contribution >= 0.6 is 22.9 Å². The number of rotatable bonds is 4. The number of hydrogen-bond donors (Lipinski definition) is 0. The number of fused-ring (bicyclic) bond motifs is 1. The number of aromatic nitrogens is 2. The van der Waals surface area contributed by atoms with Crippen LogP contribution in [0.25, 0.3) is 4.96 Å². The van der Waals surface area contributed by atoms with Crippen molar-refractivity contribution in [3.8, 4) is 0 Å². The van der Waals surface area contributed by atoms with E-state index in [0.717, 1.165) is 6.42 Å². The molecule has 100 valence electrons. The number of halogens is 1. The van der Waals surface area contributed by atoms with Gasteiger partial charge in [-0.2, -0.15) is 4.31 Å². The first kappa shape index (κ1) is 13.8. The normalized spacial score (nSPS) is 14.5. The minimum atomic E-state index is -3.63. The van der Waals surface area contributed by atoms with Gasteiger partial charge in [-0.3, -0.25) is 4.40 Å². The third-order valence-electron chi connectivity index (χ3n) is 3.01. The van der Waals surface area contributed by atoms with Crippen LogP contribution in [0.4, 0.5) is 0 Å². The van der Waals surface area contributed by atoms with Gasteiger partial charge in [0.1, 0.15) is 0 Å². The maximum Gasteiger partial charge on any atom is 0.262 e. The van der Waals surface area contributed by atoms with E-state index in [4.69, 9.17) is 11.6 Å². The summed E-state index contributed by atoms with van der Waals surface area (Å²) >= 11 is 7.30. The zero-order chi connectivity index (χ0) is 13.5. The van der Waals surface area contributed by atoms with Crippen LogP contribution in [0, 0.1) is 0 Å². The average molecular weight is 308 g/mol. The standard InChI is InChI=1S/C10H14ClN3O2S2/c1-4-7(2)13(3)18(15,16)9-8(11)12-10-14(9)5-6-17-10/h5-7H,4H2,1-3H3. The minimum Gasteiger partial charge on any atom is -0.279 e. The molecule has 1 unspecified atom stereocenters. The Bertz CT molecular complexity index is 662. The van der Waals surface area contributed by atoms with Gasteiger partial charge < -0.3 is 0 Å². The molecule has 0 radical (unpaired) electrons. The van der Waals surface area contributed by atoms with Crippen molar-refractivity contribution in [3.63, 3.8) is 0 Å². The van der Waals surface area contributed by atoms with Gasteiger partial charge in [0, 0.05) is 24.7 Å². The maximum atomic E-state index is 12.5. The van der Waals surface area contributed by atoms with Gasteiger partial charge in [-0.25, -0.2) is 13.4 Å². The van der Waals surface area contributed by atoms with E-state index in [-0.39, 0.29) is 16.2 Å². The molecule has 0 spiro atoms. The molecule has 0 aliphatic rings. The lowest BCUT2D eigenvalue weighted by atomic mass is 10.3. The molecule has 18 heavy (non-hydrogen) atoms. The van der Waals surface area contributed by atoms with Crippen molar-refractivity contribution in [1.29, 1.82) is 0 Å². The number of thiazole rings is 1. The van der Waals surface area contributed by atoms with Gasteiger partial charge in [-0.15, -0.1) is 11.3 Å². The summed E-state index contributed by atoms with van der Waals surface area (Å²) in [5.41, 5.74) is 0. The number of nitrogens with zero attached hydrogens (tertiary/aromatic N) is 3. The number of hydrogen-bond acceptors (Lipinski definition) is 4. The summed E-state index contributed by atoms with van der Waals surface area (Å²) in [5.74, 6) is 0. The van der Waals surface area contributed by atoms with Crippen LogP contribution < -0.4 is 0 Å². The molecule has 0 N–H and O–H groups in total. The second-order valence-corrected chi connectivity index (χ2v) is 7.19. The Morgan fingerprint density at radius 1 is 1.61 bits per heavy atom. The van der Waals surface area contributed by atoms with E-state index in [2.05, 4.69) is 4.98 Å². The summed E-state index contributed by atoms with van der Waals surface area (Å²) in [6.07, 6.45) is 2.40. The first-order chi connectivity index (χ1) is 8.39. The van der Waals surface area contributed by atoms with Gasteiger partial charge in [0.25, 0.3) is 10.0 Å². The Morgan fingerprint density at radius 2 is 2.28 bits per heavy atom. The van der Waals surface area contributed by atoms with Crippen molar-refractivity contribution in [2.45, 2.75) is 31.3 Å². The van der Waals surface area contributed by atoms with Gasteiger partial charge in [-0.1, -0.05) is 18.5 Å². The summed E-state index contributed by atoms with van der Waals surface area (Å²) in [5, 5.41) is 1.85. The molecule has 0 aromatic carbocycles. The third-order valence-corrected chi connectivity index (χ3v) is 6.14. The smallest absolute Gasteiger partial charge is 0.262 e. The van der Waals surface area contributed by atoms with E-state index in [0.29, 0.717) is 4.96 Å². The fraction of sp³-hybridized carbons (Fsp3) is 0.500. The monoisotopic (exact) mass is 307 g/mol. The molecule has 0 fully saturated rings. The van der Waals surface area contributed by atoms with Crippen molar-refractivity contribution >= 4 is 37.9 Å². The molecule has 0 amide bonds. The quantitative estimate of drug-likeness (QED) is 0.872. The molecule has 1 atom stereocenters. The van der Waals surface area contributed by atoms with Crippen LogP contribution in [-0.2, 0) is 10.0 Å². The number of sulfonamides is 1. The predicted octanol–water partition coefficient (Wildman–Crippen LogP) is 2.47. The summed E-state index contributed by atoms with van der Waals surface area (Å²) in [6.45, 7) is 3.80. The molecular formula is C10H14ClN3O2S2. The summed E-state index contributed by atoms with van der Waals surface area (Å²) in [4.78, 5) is 4.63. The first-order valence-corrected chi connectivity index (χ1v) is 8.18. The van der Waals surface area contributed by atoms with Gasteiger partial charge in [-0.05, 0) is 13.3 Å². The highest BCUT2D eigenvalue weighted by Crippen LogP contribution is 2.28. The molecule has 0 aliphatic heterocycles. The molecule has 2 heterocycles. The van der Waals surface area contributed by atoms with Gasteiger partial charge in [0.15, 0.2) is 15.1 Å². The molecule has 5 nitrogen and oxygen atoms in total. The number of imidazole rings is 1. The highest BCUT2D eigenvalue weighted by Gasteiger charge is 2.31. The summed E-state index contributed by atoms with van der Waals surface area (Å²) in [6, 6.07) is -0.0877. The van der Waals surface area contributed by atoms with Gasteiger partial charge in [0.2, 0.25) is 0 Å². The Labute approximate surface area is 115 Å². The molecule has 0 saturated heterocycles. The maximum absolute atomic E-state index is 12.5. The Hall–Kier alpha value is -0.630. The molecule has 0 saturated carbocycles. The second kappa shape index (κ2) is 4.80. The molecular weight excluding hydrogens is 294 g/mol. The topological polar surface area (TPSA) is 54.7 Å². The molecule has 0 aliphatic carbocycles. The molecule has 0 bridgehead atoms. The third kappa shape index (κ3) is 2.05. The lowest BCUT2D eigenvalue weighted by Gasteiger charge is -2.22. The van der Waals surface area contributed by atoms with E-state index in [1.54, 1.807) is 18.6 Å². The van der Waals surface area contributed by atoms with Gasteiger partial charge >= 0.3 is 0 Å². The van der Waals surface area contributed by atoms with E-state index in [9.17, 15) is 8.42 Å².